The highest BCUT2D eigenvalue weighted by Crippen LogP contribution is 1.51. The molecule has 0 fully saturated rings. The van der Waals surface area contributed by atoms with Crippen molar-refractivity contribution >= 4 is 12.4 Å². The van der Waals surface area contributed by atoms with Gasteiger partial charge in [-0.3, -0.25) is 0 Å². The molecule has 0 atom stereocenters. The van der Waals surface area contributed by atoms with Crippen molar-refractivity contribution in [1.29, 1.82) is 0 Å². The molecule has 46 valence electrons. The number of nitrogens with one attached hydrogen (secondary N) is 1. The van der Waals surface area contributed by atoms with E-state index in [1.807, 2.05) is 6.92 Å². The van der Waals surface area contributed by atoms with Gasteiger partial charge in [-0.05, 0) is 6.54 Å². The van der Waals surface area contributed by atoms with Crippen molar-refractivity contribution in [2.45, 2.75) is 6.92 Å². The molecule has 0 spiro atoms. The summed E-state index contributed by atoms with van der Waals surface area (Å²) in [4.78, 5) is 0. The fourth-order valence-corrected chi connectivity index (χ4v) is 0.256. The van der Waals surface area contributed by atoms with Crippen LogP contribution < -0.4 is 5.32 Å². The first-order valence-corrected chi connectivity index (χ1v) is 2.23. The first kappa shape index (κ1) is 10.2. The Morgan fingerprint density at radius 3 is 2.29 bits per heavy atom. The molecule has 0 unspecified atom stereocenters. The Morgan fingerprint density at radius 1 is 1.57 bits per heavy atom. The Bertz CT molecular complexity index is 23.7. The standard InChI is InChI=1S/C4H11NO.ClH/c1-2-5-3-4-6;/h5-6H,2-4H2,1H3;1H/i3+1,4+1;. The molecule has 0 rings (SSSR count). The van der Waals surface area contributed by atoms with Gasteiger partial charge in [-0.15, -0.1) is 12.4 Å². The summed E-state index contributed by atoms with van der Waals surface area (Å²) < 4.78 is 0. The van der Waals surface area contributed by atoms with Crippen LogP contribution in [0.3, 0.4) is 0 Å². The largest absolute Gasteiger partial charge is 0.395 e. The Labute approximate surface area is 50.3 Å². The Morgan fingerprint density at radius 2 is 2.14 bits per heavy atom. The van der Waals surface area contributed by atoms with E-state index < -0.39 is 0 Å². The fourth-order valence-electron chi connectivity index (χ4n) is 0.256. The molecular weight excluding hydrogens is 115 g/mol. The molecule has 0 saturated heterocycles. The molecule has 0 radical (unpaired) electrons. The van der Waals surface area contributed by atoms with Crippen molar-refractivity contribution in [3.05, 3.63) is 0 Å². The quantitative estimate of drug-likeness (QED) is 0.414. The molecule has 0 aliphatic carbocycles. The van der Waals surface area contributed by atoms with E-state index >= 15 is 0 Å². The number of hydrogen-bond donors (Lipinski definition) is 2. The predicted octanol–water partition coefficient (Wildman–Crippen LogP) is 0.01000. The highest BCUT2D eigenvalue weighted by Gasteiger charge is 1.72. The molecule has 2 nitrogen and oxygen atoms in total. The maximum atomic E-state index is 8.13. The molecule has 0 amide bonds. The van der Waals surface area contributed by atoms with E-state index in [9.17, 15) is 0 Å². The fraction of sp³-hybridized carbons (Fsp3) is 1.00. The molecule has 0 aromatic rings. The SMILES string of the molecule is CCN[13CH2][13CH2]O.Cl. The van der Waals surface area contributed by atoms with Gasteiger partial charge in [0, 0.05) is 6.54 Å². The molecule has 0 saturated carbocycles. The van der Waals surface area contributed by atoms with Crippen LogP contribution in [-0.2, 0) is 0 Å². The summed E-state index contributed by atoms with van der Waals surface area (Å²) in [5.41, 5.74) is 0. The van der Waals surface area contributed by atoms with E-state index in [1.165, 1.54) is 0 Å². The number of rotatable bonds is 3. The van der Waals surface area contributed by atoms with Crippen molar-refractivity contribution < 1.29 is 5.11 Å². The van der Waals surface area contributed by atoms with Gasteiger partial charge in [-0.25, -0.2) is 0 Å². The molecule has 0 aromatic carbocycles. The lowest BCUT2D eigenvalue weighted by Gasteiger charge is -1.91. The van der Waals surface area contributed by atoms with E-state index in [0.717, 1.165) is 13.1 Å². The molecular formula is C4H12ClNO. The third-order valence-corrected chi connectivity index (χ3v) is 0.539. The Balaban J connectivity index is 0. The summed E-state index contributed by atoms with van der Waals surface area (Å²) in [5.74, 6) is 0. The average molecular weight is 128 g/mol. The van der Waals surface area contributed by atoms with Crippen LogP contribution in [0.15, 0.2) is 0 Å². The highest BCUT2D eigenvalue weighted by molar-refractivity contribution is 5.85. The van der Waals surface area contributed by atoms with Gasteiger partial charge in [-0.1, -0.05) is 6.92 Å². The second kappa shape index (κ2) is 9.51. The maximum Gasteiger partial charge on any atom is 0.0555 e. The van der Waals surface area contributed by atoms with Gasteiger partial charge in [0.25, 0.3) is 0 Å². The summed E-state index contributed by atoms with van der Waals surface area (Å²) in [6, 6.07) is 0. The van der Waals surface area contributed by atoms with Gasteiger partial charge in [0.05, 0.1) is 6.61 Å². The Hall–Kier alpha value is 0.210. The third kappa shape index (κ3) is 10.7. The third-order valence-electron chi connectivity index (χ3n) is 0.539. The second-order valence-corrected chi connectivity index (χ2v) is 1.08. The molecule has 0 heterocycles. The number of likely N-dealkylation sites (N-methyl/N-ethyl adjacent to an activating group) is 1. The minimum absolute atomic E-state index is 0. The van der Waals surface area contributed by atoms with Crippen LogP contribution in [-0.4, -0.2) is 24.8 Å². The van der Waals surface area contributed by atoms with Crippen molar-refractivity contribution in [3.8, 4) is 0 Å². The second-order valence-electron chi connectivity index (χ2n) is 1.08. The first-order chi connectivity index (χ1) is 2.91. The van der Waals surface area contributed by atoms with Crippen LogP contribution >= 0.6 is 12.4 Å². The van der Waals surface area contributed by atoms with E-state index in [-0.39, 0.29) is 19.0 Å². The first-order valence-electron chi connectivity index (χ1n) is 2.23. The van der Waals surface area contributed by atoms with Crippen molar-refractivity contribution in [1.82, 2.24) is 5.32 Å². The minimum Gasteiger partial charge on any atom is -0.395 e. The zero-order valence-electron chi connectivity index (χ0n) is 4.48. The number of aliphatic hydroxyl groups excluding tert-OH is 1. The molecule has 0 aromatic heterocycles. The molecule has 3 heteroatoms. The zero-order valence-corrected chi connectivity index (χ0v) is 5.29. The van der Waals surface area contributed by atoms with E-state index in [2.05, 4.69) is 5.32 Å². The van der Waals surface area contributed by atoms with E-state index in [1.54, 1.807) is 0 Å². The zero-order chi connectivity index (χ0) is 4.83. The van der Waals surface area contributed by atoms with Crippen LogP contribution in [0.5, 0.6) is 0 Å². The summed E-state index contributed by atoms with van der Waals surface area (Å²) in [5, 5.41) is 11.1. The van der Waals surface area contributed by atoms with Crippen LogP contribution in [0.1, 0.15) is 6.92 Å². The monoisotopic (exact) mass is 127 g/mol. The summed E-state index contributed by atoms with van der Waals surface area (Å²) >= 11 is 0. The van der Waals surface area contributed by atoms with Crippen LogP contribution in [0.2, 0.25) is 0 Å². The van der Waals surface area contributed by atoms with Crippen LogP contribution in [0.25, 0.3) is 0 Å². The lowest BCUT2D eigenvalue weighted by Crippen LogP contribution is -2.16. The van der Waals surface area contributed by atoms with Crippen molar-refractivity contribution in [3.63, 3.8) is 0 Å². The Kier molecular flexibility index (Phi) is 13.9. The van der Waals surface area contributed by atoms with E-state index in [4.69, 9.17) is 5.11 Å². The van der Waals surface area contributed by atoms with Crippen molar-refractivity contribution in [2.24, 2.45) is 0 Å². The summed E-state index contributed by atoms with van der Waals surface area (Å²) in [7, 11) is 0. The minimum atomic E-state index is 0. The van der Waals surface area contributed by atoms with Crippen LogP contribution in [0.4, 0.5) is 0 Å². The molecule has 0 aliphatic heterocycles. The van der Waals surface area contributed by atoms with Gasteiger partial charge in [0.2, 0.25) is 0 Å². The normalized spacial score (nSPS) is 7.71. The van der Waals surface area contributed by atoms with Crippen molar-refractivity contribution in [2.75, 3.05) is 19.7 Å². The van der Waals surface area contributed by atoms with E-state index in [0.29, 0.717) is 0 Å². The average Bonchev–Trinajstić information content (AvgIpc) is 1.61. The lowest BCUT2D eigenvalue weighted by molar-refractivity contribution is 0.293. The smallest absolute Gasteiger partial charge is 0.0555 e. The number of hydrogen-bond acceptors (Lipinski definition) is 2. The maximum absolute atomic E-state index is 8.13. The molecule has 0 bridgehead atoms. The highest BCUT2D eigenvalue weighted by atomic mass is 35.5. The molecule has 0 aliphatic rings. The topological polar surface area (TPSA) is 32.3 Å². The number of halogens is 1. The van der Waals surface area contributed by atoms with Gasteiger partial charge in [0.15, 0.2) is 0 Å². The lowest BCUT2D eigenvalue weighted by atomic mass is 10.8. The van der Waals surface area contributed by atoms with Gasteiger partial charge in [-0.2, -0.15) is 0 Å². The summed E-state index contributed by atoms with van der Waals surface area (Å²) in [6.07, 6.45) is 0. The molecule has 2 N–H and O–H groups in total. The van der Waals surface area contributed by atoms with Gasteiger partial charge < -0.3 is 10.4 Å². The molecule has 7 heavy (non-hydrogen) atoms. The van der Waals surface area contributed by atoms with Crippen LogP contribution in [0, 0.1) is 0 Å². The van der Waals surface area contributed by atoms with Gasteiger partial charge >= 0.3 is 0 Å². The predicted molar refractivity (Wildman–Crippen MR) is 32.9 cm³/mol. The van der Waals surface area contributed by atoms with Gasteiger partial charge in [0.1, 0.15) is 0 Å². The summed E-state index contributed by atoms with van der Waals surface area (Å²) in [6.45, 7) is 3.92. The number of aliphatic hydroxyl groups is 1.